The summed E-state index contributed by atoms with van der Waals surface area (Å²) in [6, 6.07) is 10.0. The van der Waals surface area contributed by atoms with Crippen LogP contribution in [0.2, 0.25) is 0 Å². The first-order chi connectivity index (χ1) is 12.0. The van der Waals surface area contributed by atoms with Crippen LogP contribution in [-0.4, -0.2) is 32.3 Å². The summed E-state index contributed by atoms with van der Waals surface area (Å²) in [5, 5.41) is 1.71. The van der Waals surface area contributed by atoms with E-state index in [0.717, 1.165) is 16.9 Å². The lowest BCUT2D eigenvalue weighted by molar-refractivity contribution is -0.129. The number of nitrogens with one attached hydrogen (secondary N) is 1. The first kappa shape index (κ1) is 19.0. The molecule has 1 aromatic carbocycles. The predicted molar refractivity (Wildman–Crippen MR) is 102 cm³/mol. The molecule has 2 rings (SSSR count). The van der Waals surface area contributed by atoms with E-state index in [4.69, 9.17) is 0 Å². The monoisotopic (exact) mass is 376 g/mol. The van der Waals surface area contributed by atoms with Crippen molar-refractivity contribution in [1.82, 2.24) is 4.90 Å². The smallest absolute Gasteiger partial charge is 0.271 e. The minimum Gasteiger partial charge on any atom is -0.335 e. The van der Waals surface area contributed by atoms with Crippen molar-refractivity contribution >= 4 is 33.0 Å². The second-order valence-electron chi connectivity index (χ2n) is 5.29. The highest BCUT2D eigenvalue weighted by atomic mass is 32.2. The fourth-order valence-corrected chi connectivity index (χ4v) is 4.24. The van der Waals surface area contributed by atoms with Gasteiger partial charge in [-0.3, -0.25) is 9.52 Å². The molecule has 0 saturated carbocycles. The van der Waals surface area contributed by atoms with Gasteiger partial charge in [-0.1, -0.05) is 30.4 Å². The van der Waals surface area contributed by atoms with Crippen LogP contribution < -0.4 is 4.72 Å². The molecule has 0 unspecified atom stereocenters. The summed E-state index contributed by atoms with van der Waals surface area (Å²) >= 11 is 1.16. The number of rotatable bonds is 9. The van der Waals surface area contributed by atoms with Crippen molar-refractivity contribution in [2.75, 3.05) is 17.8 Å². The topological polar surface area (TPSA) is 66.5 Å². The van der Waals surface area contributed by atoms with Crippen LogP contribution in [-0.2, 0) is 21.2 Å². The summed E-state index contributed by atoms with van der Waals surface area (Å²) < 4.78 is 27.1. The Morgan fingerprint density at radius 1 is 1.12 bits per heavy atom. The number of benzene rings is 1. The van der Waals surface area contributed by atoms with Gasteiger partial charge in [0, 0.05) is 18.8 Å². The molecule has 2 aromatic rings. The lowest BCUT2D eigenvalue weighted by Crippen LogP contribution is -2.32. The Bertz CT molecular complexity index is 816. The lowest BCUT2D eigenvalue weighted by Gasteiger charge is -2.19. The normalized spacial score (nSPS) is 10.9. The second kappa shape index (κ2) is 8.64. The van der Waals surface area contributed by atoms with Gasteiger partial charge in [0.05, 0.1) is 6.42 Å². The van der Waals surface area contributed by atoms with Crippen molar-refractivity contribution < 1.29 is 13.2 Å². The van der Waals surface area contributed by atoms with Gasteiger partial charge in [-0.15, -0.1) is 24.5 Å². The molecule has 1 amide bonds. The van der Waals surface area contributed by atoms with Crippen molar-refractivity contribution in [2.45, 2.75) is 10.6 Å². The molecular weight excluding hydrogens is 356 g/mol. The average Bonchev–Trinajstić information content (AvgIpc) is 3.12. The number of amides is 1. The molecular formula is C18H20N2O3S2. The van der Waals surface area contributed by atoms with Crippen molar-refractivity contribution in [1.29, 1.82) is 0 Å². The van der Waals surface area contributed by atoms with Crippen LogP contribution >= 0.6 is 11.3 Å². The van der Waals surface area contributed by atoms with Gasteiger partial charge in [0.1, 0.15) is 4.21 Å². The molecule has 25 heavy (non-hydrogen) atoms. The minimum atomic E-state index is -3.56. The molecule has 0 aliphatic rings. The molecule has 1 N–H and O–H groups in total. The van der Waals surface area contributed by atoms with Crippen molar-refractivity contribution in [3.8, 4) is 0 Å². The predicted octanol–water partition coefficient (Wildman–Crippen LogP) is 3.29. The molecule has 0 fully saturated rings. The third-order valence-electron chi connectivity index (χ3n) is 3.37. The second-order valence-corrected chi connectivity index (χ2v) is 8.14. The van der Waals surface area contributed by atoms with Gasteiger partial charge < -0.3 is 4.90 Å². The van der Waals surface area contributed by atoms with Crippen LogP contribution in [0.4, 0.5) is 5.69 Å². The summed E-state index contributed by atoms with van der Waals surface area (Å²) in [6.07, 6.45) is 3.58. The van der Waals surface area contributed by atoms with E-state index in [1.165, 1.54) is 0 Å². The van der Waals surface area contributed by atoms with E-state index in [-0.39, 0.29) is 16.5 Å². The van der Waals surface area contributed by atoms with E-state index in [1.54, 1.807) is 58.8 Å². The highest BCUT2D eigenvalue weighted by Gasteiger charge is 2.15. The van der Waals surface area contributed by atoms with Gasteiger partial charge in [-0.05, 0) is 29.1 Å². The van der Waals surface area contributed by atoms with Gasteiger partial charge >= 0.3 is 0 Å². The Morgan fingerprint density at radius 3 is 2.28 bits per heavy atom. The molecule has 132 valence electrons. The lowest BCUT2D eigenvalue weighted by atomic mass is 10.1. The van der Waals surface area contributed by atoms with E-state index >= 15 is 0 Å². The number of thiophene rings is 1. The van der Waals surface area contributed by atoms with E-state index in [0.29, 0.717) is 18.8 Å². The summed E-state index contributed by atoms with van der Waals surface area (Å²) in [6.45, 7) is 8.22. The van der Waals surface area contributed by atoms with E-state index in [9.17, 15) is 13.2 Å². The quantitative estimate of drug-likeness (QED) is 0.683. The van der Waals surface area contributed by atoms with Crippen LogP contribution in [0.25, 0.3) is 0 Å². The van der Waals surface area contributed by atoms with Crippen molar-refractivity contribution in [3.05, 3.63) is 72.7 Å². The summed E-state index contributed by atoms with van der Waals surface area (Å²) in [4.78, 5) is 13.9. The summed E-state index contributed by atoms with van der Waals surface area (Å²) in [5.74, 6) is -0.0354. The molecule has 0 radical (unpaired) electrons. The van der Waals surface area contributed by atoms with Gasteiger partial charge in [0.25, 0.3) is 10.0 Å². The standard InChI is InChI=1S/C18H20N2O3S2/c1-3-11-20(12-4-2)17(21)14-15-7-9-16(10-8-15)19-25(22,23)18-6-5-13-24-18/h3-10,13,19H,1-2,11-12,14H2. The zero-order valence-electron chi connectivity index (χ0n) is 13.7. The fourth-order valence-electron chi connectivity index (χ4n) is 2.19. The van der Waals surface area contributed by atoms with Crippen LogP contribution in [0.15, 0.2) is 71.3 Å². The average molecular weight is 377 g/mol. The van der Waals surface area contributed by atoms with E-state index in [2.05, 4.69) is 17.9 Å². The first-order valence-corrected chi connectivity index (χ1v) is 9.97. The maximum Gasteiger partial charge on any atom is 0.271 e. The largest absolute Gasteiger partial charge is 0.335 e. The molecule has 0 aliphatic heterocycles. The molecule has 0 saturated heterocycles. The number of anilines is 1. The number of hydrogen-bond donors (Lipinski definition) is 1. The minimum absolute atomic E-state index is 0.0354. The van der Waals surface area contributed by atoms with Gasteiger partial charge in [0.2, 0.25) is 5.91 Å². The number of carbonyl (C=O) groups excluding carboxylic acids is 1. The SMILES string of the molecule is C=CCN(CC=C)C(=O)Cc1ccc(NS(=O)(=O)c2cccs2)cc1. The molecule has 0 aliphatic carbocycles. The summed E-state index contributed by atoms with van der Waals surface area (Å²) in [7, 11) is -3.56. The van der Waals surface area contributed by atoms with Crippen molar-refractivity contribution in [3.63, 3.8) is 0 Å². The summed E-state index contributed by atoms with van der Waals surface area (Å²) in [5.41, 5.74) is 1.26. The van der Waals surface area contributed by atoms with Gasteiger partial charge in [-0.25, -0.2) is 8.42 Å². The maximum atomic E-state index is 12.3. The van der Waals surface area contributed by atoms with Crippen LogP contribution in [0, 0.1) is 0 Å². The third kappa shape index (κ3) is 5.30. The van der Waals surface area contributed by atoms with E-state index < -0.39 is 10.0 Å². The highest BCUT2D eigenvalue weighted by molar-refractivity contribution is 7.94. The van der Waals surface area contributed by atoms with Gasteiger partial charge in [-0.2, -0.15) is 0 Å². The Hall–Kier alpha value is -2.38. The molecule has 1 aromatic heterocycles. The Balaban J connectivity index is 2.03. The fraction of sp³-hybridized carbons (Fsp3) is 0.167. The molecule has 5 nitrogen and oxygen atoms in total. The molecule has 0 spiro atoms. The molecule has 7 heteroatoms. The molecule has 0 bridgehead atoms. The Kier molecular flexibility index (Phi) is 6.55. The van der Waals surface area contributed by atoms with E-state index in [1.807, 2.05) is 0 Å². The van der Waals surface area contributed by atoms with Gasteiger partial charge in [0.15, 0.2) is 0 Å². The zero-order valence-corrected chi connectivity index (χ0v) is 15.4. The first-order valence-electron chi connectivity index (χ1n) is 7.61. The zero-order chi connectivity index (χ0) is 18.3. The number of carbonyl (C=O) groups is 1. The van der Waals surface area contributed by atoms with Crippen LogP contribution in [0.5, 0.6) is 0 Å². The Morgan fingerprint density at radius 2 is 1.76 bits per heavy atom. The van der Waals surface area contributed by atoms with Crippen LogP contribution in [0.3, 0.4) is 0 Å². The third-order valence-corrected chi connectivity index (χ3v) is 6.15. The highest BCUT2D eigenvalue weighted by Crippen LogP contribution is 2.20. The molecule has 0 atom stereocenters. The maximum absolute atomic E-state index is 12.3. The number of hydrogen-bond acceptors (Lipinski definition) is 4. The molecule has 1 heterocycles. The van der Waals surface area contributed by atoms with Crippen molar-refractivity contribution in [2.24, 2.45) is 0 Å². The Labute approximate surface area is 152 Å². The number of nitrogens with zero attached hydrogens (tertiary/aromatic N) is 1. The van der Waals surface area contributed by atoms with Crippen LogP contribution in [0.1, 0.15) is 5.56 Å². The number of sulfonamides is 1.